The van der Waals surface area contributed by atoms with Crippen LogP contribution in [0.25, 0.3) is 16.9 Å². The minimum atomic E-state index is -0.250. The van der Waals surface area contributed by atoms with Crippen LogP contribution in [0.1, 0.15) is 31.9 Å². The summed E-state index contributed by atoms with van der Waals surface area (Å²) < 4.78 is 0. The maximum atomic E-state index is 6.94. The number of halogens is 2. The largest absolute Gasteiger partial charge is 4.00 e. The molecule has 1 aliphatic rings. The van der Waals surface area contributed by atoms with Gasteiger partial charge in [-0.3, -0.25) is 0 Å². The first kappa shape index (κ1) is 23.1. The van der Waals surface area contributed by atoms with Crippen molar-refractivity contribution >= 4 is 0 Å². The Labute approximate surface area is 159 Å². The van der Waals surface area contributed by atoms with Gasteiger partial charge in [0.15, 0.2) is 0 Å². The fourth-order valence-electron chi connectivity index (χ4n) is 2.00. The predicted octanol–water partition coefficient (Wildman–Crippen LogP) is -1.10. The number of hydrogen-bond donors (Lipinski definition) is 0. The minimum absolute atomic E-state index is 0. The molecule has 0 amide bonds. The molecule has 0 heterocycles. The van der Waals surface area contributed by atoms with Gasteiger partial charge >= 0.3 is 26.2 Å². The summed E-state index contributed by atoms with van der Waals surface area (Å²) in [4.78, 5) is 0. The average molecular weight is 399 g/mol. The molecule has 0 aliphatic heterocycles. The second kappa shape index (κ2) is 9.79. The van der Waals surface area contributed by atoms with Crippen LogP contribution in [0.5, 0.6) is 0 Å². The van der Waals surface area contributed by atoms with Crippen LogP contribution in [0.2, 0.25) is 0 Å². The molecule has 2 aromatic carbocycles. The second-order valence-corrected chi connectivity index (χ2v) is 5.65. The van der Waals surface area contributed by atoms with Crippen molar-refractivity contribution in [3.8, 4) is 11.1 Å². The molecule has 1 nitrogen and oxygen atoms in total. The summed E-state index contributed by atoms with van der Waals surface area (Å²) in [5.74, 6) is 0. The van der Waals surface area contributed by atoms with E-state index in [0.717, 1.165) is 6.42 Å². The Morgan fingerprint density at radius 1 is 0.952 bits per heavy atom. The maximum Gasteiger partial charge on any atom is 4.00 e. The van der Waals surface area contributed by atoms with Crippen LogP contribution in [0, 0.1) is 6.07 Å². The van der Waals surface area contributed by atoms with Crippen molar-refractivity contribution in [1.82, 2.24) is 0 Å². The van der Waals surface area contributed by atoms with E-state index < -0.39 is 0 Å². The molecule has 0 bridgehead atoms. The van der Waals surface area contributed by atoms with E-state index in [2.05, 4.69) is 42.5 Å². The zero-order chi connectivity index (χ0) is 13.2. The molecule has 0 unspecified atom stereocenters. The number of fused-ring (bicyclic) bond motifs is 3. The van der Waals surface area contributed by atoms with E-state index in [9.17, 15) is 0 Å². The van der Waals surface area contributed by atoms with Crippen molar-refractivity contribution in [2.24, 2.45) is 0 Å². The van der Waals surface area contributed by atoms with Crippen LogP contribution in [0.4, 0.5) is 0 Å². The molecule has 1 aliphatic carbocycles. The third-order valence-corrected chi connectivity index (χ3v) is 2.62. The average Bonchev–Trinajstić information content (AvgIpc) is 2.65. The Bertz CT molecular complexity index is 501. The summed E-state index contributed by atoms with van der Waals surface area (Å²) in [6.45, 7) is 5.56. The molecule has 0 atom stereocenters. The third-order valence-electron chi connectivity index (χ3n) is 2.62. The number of benzene rings is 2. The van der Waals surface area contributed by atoms with Gasteiger partial charge in [-0.1, -0.05) is 56.2 Å². The van der Waals surface area contributed by atoms with Gasteiger partial charge in [0, 0.05) is 0 Å². The molecule has 4 heteroatoms. The van der Waals surface area contributed by atoms with Crippen LogP contribution >= 0.6 is 0 Å². The molecule has 0 spiro atoms. The van der Waals surface area contributed by atoms with Gasteiger partial charge in [-0.15, -0.1) is 11.1 Å². The first-order chi connectivity index (χ1) is 8.45. The summed E-state index contributed by atoms with van der Waals surface area (Å²) in [6.07, 6.45) is 1.05. The van der Waals surface area contributed by atoms with Gasteiger partial charge < -0.3 is 30.5 Å². The Balaban J connectivity index is 0. The first-order valence-corrected chi connectivity index (χ1v) is 6.28. The van der Waals surface area contributed by atoms with Crippen molar-refractivity contribution in [3.63, 3.8) is 0 Å². The molecule has 21 heavy (non-hydrogen) atoms. The standard InChI is InChI=1S/C13H9.C4H10N.2ClH.Zr/c1-3-7-12-10(5-1)9-11-6-2-4-8-13(11)12;1-4(2,3)5;;;/h1-5,7-8H,9H2;5H,1-3H3;2*1H;/q2*-1;;;+4/p-2. The summed E-state index contributed by atoms with van der Waals surface area (Å²) in [7, 11) is 0. The van der Waals surface area contributed by atoms with Crippen molar-refractivity contribution in [2.45, 2.75) is 32.7 Å². The Hall–Kier alpha value is -0.137. The van der Waals surface area contributed by atoms with Gasteiger partial charge in [-0.25, -0.2) is 0 Å². The number of rotatable bonds is 0. The molecule has 0 radical (unpaired) electrons. The fourth-order valence-corrected chi connectivity index (χ4v) is 2.00. The number of nitrogens with one attached hydrogen (secondary N) is 1. The molecule has 0 saturated carbocycles. The van der Waals surface area contributed by atoms with Crippen LogP contribution in [0.3, 0.4) is 0 Å². The van der Waals surface area contributed by atoms with Crippen LogP contribution in [-0.2, 0) is 32.6 Å². The summed E-state index contributed by atoms with van der Waals surface area (Å²) in [5, 5.41) is 0. The predicted molar refractivity (Wildman–Crippen MR) is 77.6 cm³/mol. The first-order valence-electron chi connectivity index (χ1n) is 6.28. The molecular formula is C17H19Cl2NZr. The normalized spacial score (nSPS) is 10.5. The van der Waals surface area contributed by atoms with Crippen molar-refractivity contribution in [3.05, 3.63) is 65.4 Å². The van der Waals surface area contributed by atoms with Crippen molar-refractivity contribution in [1.29, 1.82) is 0 Å². The molecule has 0 aromatic heterocycles. The van der Waals surface area contributed by atoms with Gasteiger partial charge in [0.1, 0.15) is 0 Å². The molecular weight excluding hydrogens is 380 g/mol. The monoisotopic (exact) mass is 397 g/mol. The van der Waals surface area contributed by atoms with Gasteiger partial charge in [0.25, 0.3) is 0 Å². The molecule has 3 rings (SSSR count). The van der Waals surface area contributed by atoms with Crippen LogP contribution < -0.4 is 24.8 Å². The van der Waals surface area contributed by atoms with Crippen molar-refractivity contribution < 1.29 is 51.0 Å². The van der Waals surface area contributed by atoms with Gasteiger partial charge in [-0.05, 0) is 6.42 Å². The zero-order valence-corrected chi connectivity index (χ0v) is 16.5. The second-order valence-electron chi connectivity index (χ2n) is 5.65. The topological polar surface area (TPSA) is 23.8 Å². The Morgan fingerprint density at radius 2 is 1.48 bits per heavy atom. The van der Waals surface area contributed by atoms with Crippen LogP contribution in [-0.4, -0.2) is 5.54 Å². The zero-order valence-electron chi connectivity index (χ0n) is 12.5. The molecule has 1 N–H and O–H groups in total. The van der Waals surface area contributed by atoms with Gasteiger partial charge in [-0.2, -0.15) is 29.8 Å². The molecule has 0 saturated heterocycles. The quantitative estimate of drug-likeness (QED) is 0.429. The maximum absolute atomic E-state index is 6.94. The molecule has 2 aromatic rings. The smallest absolute Gasteiger partial charge is 1.00 e. The Kier molecular flexibility index (Phi) is 10.8. The summed E-state index contributed by atoms with van der Waals surface area (Å²) in [5.41, 5.74) is 12.2. The van der Waals surface area contributed by atoms with E-state index in [1.165, 1.54) is 22.3 Å². The number of hydrogen-bond acceptors (Lipinski definition) is 0. The minimum Gasteiger partial charge on any atom is -1.00 e. The Morgan fingerprint density at radius 3 is 2.10 bits per heavy atom. The molecule has 0 fully saturated rings. The molecule has 110 valence electrons. The van der Waals surface area contributed by atoms with E-state index in [0.29, 0.717) is 0 Å². The van der Waals surface area contributed by atoms with Crippen molar-refractivity contribution in [2.75, 3.05) is 0 Å². The fraction of sp³-hybridized carbons (Fsp3) is 0.294. The van der Waals surface area contributed by atoms with E-state index in [-0.39, 0.29) is 56.6 Å². The van der Waals surface area contributed by atoms with Gasteiger partial charge in [0.05, 0.1) is 0 Å². The van der Waals surface area contributed by atoms with E-state index in [1.807, 2.05) is 26.8 Å². The van der Waals surface area contributed by atoms with Gasteiger partial charge in [0.2, 0.25) is 0 Å². The van der Waals surface area contributed by atoms with E-state index in [1.54, 1.807) is 0 Å². The summed E-state index contributed by atoms with van der Waals surface area (Å²) >= 11 is 0. The van der Waals surface area contributed by atoms with Crippen LogP contribution in [0.15, 0.2) is 42.5 Å². The van der Waals surface area contributed by atoms with E-state index in [4.69, 9.17) is 5.73 Å². The SMILES string of the molecule is CC(C)(C)[NH-].[Cl-].[Cl-].[Zr+4].[c-]1cccc2c1Cc1ccccc1-2. The third kappa shape index (κ3) is 7.11. The summed E-state index contributed by atoms with van der Waals surface area (Å²) in [6, 6.07) is 18.1. The van der Waals surface area contributed by atoms with E-state index >= 15 is 0 Å².